The summed E-state index contributed by atoms with van der Waals surface area (Å²) in [6, 6.07) is -0.554. The maximum Gasteiger partial charge on any atom is 0.408 e. The Hall–Kier alpha value is -1.26. The second kappa shape index (κ2) is 7.66. The third-order valence-corrected chi connectivity index (χ3v) is 3.70. The van der Waals surface area contributed by atoms with Crippen molar-refractivity contribution in [2.24, 2.45) is 11.8 Å². The van der Waals surface area contributed by atoms with E-state index in [2.05, 4.69) is 10.6 Å². The van der Waals surface area contributed by atoms with Crippen LogP contribution in [0.1, 0.15) is 60.3 Å². The van der Waals surface area contributed by atoms with Crippen LogP contribution in [0, 0.1) is 11.8 Å². The highest BCUT2D eigenvalue weighted by molar-refractivity contribution is 5.85. The number of carbonyl (C=O) groups is 2. The van der Waals surface area contributed by atoms with Gasteiger partial charge in [0.15, 0.2) is 0 Å². The largest absolute Gasteiger partial charge is 0.444 e. The standard InChI is InChI=1S/C16H30N2O3/c1-11(2)13(18-15(20)21-16(3,4)5)14(19)17-10-9-12-7-6-8-12/h11-13H,6-10H2,1-5H3,(H,17,19)(H,18,20). The topological polar surface area (TPSA) is 67.4 Å². The highest BCUT2D eigenvalue weighted by Gasteiger charge is 2.27. The van der Waals surface area contributed by atoms with E-state index in [9.17, 15) is 9.59 Å². The Labute approximate surface area is 128 Å². The Balaban J connectivity index is 2.39. The zero-order valence-electron chi connectivity index (χ0n) is 14.0. The molecule has 5 heteroatoms. The third-order valence-electron chi connectivity index (χ3n) is 3.70. The smallest absolute Gasteiger partial charge is 0.408 e. The molecule has 0 aliphatic heterocycles. The van der Waals surface area contributed by atoms with Gasteiger partial charge in [0.1, 0.15) is 11.6 Å². The highest BCUT2D eigenvalue weighted by atomic mass is 16.6. The molecule has 1 aliphatic carbocycles. The van der Waals surface area contributed by atoms with Gasteiger partial charge < -0.3 is 15.4 Å². The lowest BCUT2D eigenvalue weighted by atomic mass is 9.83. The maximum atomic E-state index is 12.2. The van der Waals surface area contributed by atoms with Crippen LogP contribution in [0.3, 0.4) is 0 Å². The number of hydrogen-bond acceptors (Lipinski definition) is 3. The second-order valence-corrected chi connectivity index (χ2v) is 7.24. The van der Waals surface area contributed by atoms with Crippen molar-refractivity contribution < 1.29 is 14.3 Å². The average Bonchev–Trinajstić information content (AvgIpc) is 2.26. The van der Waals surface area contributed by atoms with E-state index in [-0.39, 0.29) is 11.8 Å². The Bertz CT molecular complexity index is 357. The van der Waals surface area contributed by atoms with Crippen molar-refractivity contribution in [3.8, 4) is 0 Å². The molecule has 0 spiro atoms. The summed E-state index contributed by atoms with van der Waals surface area (Å²) in [5.41, 5.74) is -0.563. The maximum absolute atomic E-state index is 12.2. The molecule has 0 aromatic carbocycles. The minimum Gasteiger partial charge on any atom is -0.444 e. The lowest BCUT2D eigenvalue weighted by Crippen LogP contribution is -2.51. The Morgan fingerprint density at radius 1 is 1.24 bits per heavy atom. The van der Waals surface area contributed by atoms with Crippen LogP contribution >= 0.6 is 0 Å². The molecule has 122 valence electrons. The molecule has 0 aromatic rings. The molecular formula is C16H30N2O3. The molecule has 0 saturated heterocycles. The van der Waals surface area contributed by atoms with Crippen molar-refractivity contribution in [1.29, 1.82) is 0 Å². The summed E-state index contributed by atoms with van der Waals surface area (Å²) in [6.07, 6.45) is 4.35. The molecule has 0 aromatic heterocycles. The van der Waals surface area contributed by atoms with Gasteiger partial charge in [0, 0.05) is 6.54 Å². The van der Waals surface area contributed by atoms with E-state index >= 15 is 0 Å². The van der Waals surface area contributed by atoms with E-state index < -0.39 is 17.7 Å². The number of carbonyl (C=O) groups excluding carboxylic acids is 2. The van der Waals surface area contributed by atoms with Crippen molar-refractivity contribution >= 4 is 12.0 Å². The van der Waals surface area contributed by atoms with Crippen LogP contribution in [0.15, 0.2) is 0 Å². The minimum absolute atomic E-state index is 0.0150. The number of nitrogens with one attached hydrogen (secondary N) is 2. The van der Waals surface area contributed by atoms with Gasteiger partial charge in [0.05, 0.1) is 0 Å². The quantitative estimate of drug-likeness (QED) is 0.792. The second-order valence-electron chi connectivity index (χ2n) is 7.24. The molecule has 21 heavy (non-hydrogen) atoms. The summed E-state index contributed by atoms with van der Waals surface area (Å²) in [7, 11) is 0. The summed E-state index contributed by atoms with van der Waals surface area (Å²) >= 11 is 0. The Morgan fingerprint density at radius 2 is 1.86 bits per heavy atom. The van der Waals surface area contributed by atoms with E-state index in [1.165, 1.54) is 19.3 Å². The zero-order chi connectivity index (χ0) is 16.0. The number of rotatable bonds is 6. The molecule has 1 unspecified atom stereocenters. The Morgan fingerprint density at radius 3 is 2.29 bits per heavy atom. The van der Waals surface area contributed by atoms with Crippen molar-refractivity contribution in [3.05, 3.63) is 0 Å². The van der Waals surface area contributed by atoms with Crippen molar-refractivity contribution in [2.45, 2.75) is 71.9 Å². The molecule has 2 amide bonds. The van der Waals surface area contributed by atoms with E-state index in [4.69, 9.17) is 4.74 Å². The summed E-state index contributed by atoms with van der Waals surface area (Å²) in [5.74, 6) is 0.651. The fraction of sp³-hybridized carbons (Fsp3) is 0.875. The number of amides is 2. The van der Waals surface area contributed by atoms with Gasteiger partial charge in [-0.05, 0) is 39.0 Å². The highest BCUT2D eigenvalue weighted by Crippen LogP contribution is 2.28. The fourth-order valence-corrected chi connectivity index (χ4v) is 2.26. The van der Waals surface area contributed by atoms with Gasteiger partial charge in [0.25, 0.3) is 0 Å². The molecular weight excluding hydrogens is 268 g/mol. The first-order valence-electron chi connectivity index (χ1n) is 7.96. The molecule has 0 radical (unpaired) electrons. The molecule has 0 bridgehead atoms. The normalized spacial score (nSPS) is 17.0. The zero-order valence-corrected chi connectivity index (χ0v) is 14.0. The monoisotopic (exact) mass is 298 g/mol. The first-order chi connectivity index (χ1) is 9.69. The van der Waals surface area contributed by atoms with E-state index in [1.807, 2.05) is 13.8 Å². The van der Waals surface area contributed by atoms with Gasteiger partial charge in [-0.15, -0.1) is 0 Å². The fourth-order valence-electron chi connectivity index (χ4n) is 2.26. The summed E-state index contributed by atoms with van der Waals surface area (Å²) in [4.78, 5) is 24.0. The molecule has 1 aliphatic rings. The van der Waals surface area contributed by atoms with Crippen LogP contribution in [-0.4, -0.2) is 30.2 Å². The van der Waals surface area contributed by atoms with Gasteiger partial charge in [-0.25, -0.2) is 4.79 Å². The molecule has 1 rings (SSSR count). The van der Waals surface area contributed by atoms with Crippen molar-refractivity contribution in [3.63, 3.8) is 0 Å². The predicted molar refractivity (Wildman–Crippen MR) is 83.0 cm³/mol. The molecule has 2 N–H and O–H groups in total. The summed E-state index contributed by atoms with van der Waals surface area (Å²) < 4.78 is 5.21. The molecule has 5 nitrogen and oxygen atoms in total. The van der Waals surface area contributed by atoms with Crippen LogP contribution in [0.4, 0.5) is 4.79 Å². The van der Waals surface area contributed by atoms with E-state index in [0.29, 0.717) is 6.54 Å². The molecule has 1 fully saturated rings. The first-order valence-corrected chi connectivity index (χ1v) is 7.96. The van der Waals surface area contributed by atoms with Gasteiger partial charge >= 0.3 is 6.09 Å². The molecule has 1 saturated carbocycles. The number of alkyl carbamates (subject to hydrolysis) is 1. The SMILES string of the molecule is CC(C)C(NC(=O)OC(C)(C)C)C(=O)NCCC1CCC1. The van der Waals surface area contributed by atoms with E-state index in [0.717, 1.165) is 12.3 Å². The van der Waals surface area contributed by atoms with Crippen LogP contribution in [-0.2, 0) is 9.53 Å². The van der Waals surface area contributed by atoms with Crippen LogP contribution in [0.25, 0.3) is 0 Å². The minimum atomic E-state index is -0.563. The average molecular weight is 298 g/mol. The van der Waals surface area contributed by atoms with E-state index in [1.54, 1.807) is 20.8 Å². The van der Waals surface area contributed by atoms with Gasteiger partial charge in [-0.1, -0.05) is 33.1 Å². The van der Waals surface area contributed by atoms with Gasteiger partial charge in [-0.3, -0.25) is 4.79 Å². The lowest BCUT2D eigenvalue weighted by molar-refractivity contribution is -0.124. The van der Waals surface area contributed by atoms with Crippen LogP contribution in [0.2, 0.25) is 0 Å². The Kier molecular flexibility index (Phi) is 6.49. The summed E-state index contributed by atoms with van der Waals surface area (Å²) in [5, 5.41) is 5.59. The third kappa shape index (κ3) is 6.82. The molecule has 0 heterocycles. The van der Waals surface area contributed by atoms with Crippen molar-refractivity contribution in [2.75, 3.05) is 6.54 Å². The number of hydrogen-bond donors (Lipinski definition) is 2. The first kappa shape index (κ1) is 17.8. The number of ether oxygens (including phenoxy) is 1. The van der Waals surface area contributed by atoms with Crippen molar-refractivity contribution in [1.82, 2.24) is 10.6 Å². The summed E-state index contributed by atoms with van der Waals surface area (Å²) in [6.45, 7) is 9.91. The lowest BCUT2D eigenvalue weighted by Gasteiger charge is -2.27. The predicted octanol–water partition coefficient (Wildman–Crippen LogP) is 2.84. The van der Waals surface area contributed by atoms with Gasteiger partial charge in [-0.2, -0.15) is 0 Å². The van der Waals surface area contributed by atoms with Gasteiger partial charge in [0.2, 0.25) is 5.91 Å². The van der Waals surface area contributed by atoms with Crippen LogP contribution < -0.4 is 10.6 Å². The van der Waals surface area contributed by atoms with Crippen LogP contribution in [0.5, 0.6) is 0 Å². The molecule has 1 atom stereocenters.